The highest BCUT2D eigenvalue weighted by Gasteiger charge is 2.15. The average molecular weight is 345 g/mol. The molecule has 0 aliphatic carbocycles. The number of aryl methyl sites for hydroxylation is 2. The molecule has 0 saturated carbocycles. The number of carboxylic acid groups (broad SMARTS) is 1. The van der Waals surface area contributed by atoms with Crippen molar-refractivity contribution in [3.8, 4) is 0 Å². The van der Waals surface area contributed by atoms with Gasteiger partial charge in [0.25, 0.3) is 0 Å². The van der Waals surface area contributed by atoms with Gasteiger partial charge in [-0.2, -0.15) is 0 Å². The fraction of sp³-hybridized carbons (Fsp3) is 0.182. The molecule has 0 atom stereocenters. The summed E-state index contributed by atoms with van der Waals surface area (Å²) in [6.45, 7) is 3.61. The zero-order valence-corrected chi connectivity index (χ0v) is 12.8. The monoisotopic (exact) mass is 344 g/mol. The quantitative estimate of drug-likeness (QED) is 0.918. The summed E-state index contributed by atoms with van der Waals surface area (Å²) in [5, 5.41) is 9.77. The largest absolute Gasteiger partial charge is 0.477 e. The van der Waals surface area contributed by atoms with Crippen molar-refractivity contribution in [3.63, 3.8) is 0 Å². The summed E-state index contributed by atoms with van der Waals surface area (Å²) in [5.41, 5.74) is 1.44. The molecule has 0 unspecified atom stereocenters. The number of halogens is 1. The van der Waals surface area contributed by atoms with E-state index in [2.05, 4.69) is 25.9 Å². The van der Waals surface area contributed by atoms with Gasteiger partial charge in [-0.1, -0.05) is 11.3 Å². The molecule has 2 rings (SSSR count). The Morgan fingerprint density at radius 3 is 2.61 bits per heavy atom. The molecule has 18 heavy (non-hydrogen) atoms. The first-order valence-corrected chi connectivity index (χ1v) is 7.41. The summed E-state index contributed by atoms with van der Waals surface area (Å²) >= 11 is 5.94. The van der Waals surface area contributed by atoms with Crippen LogP contribution in [-0.4, -0.2) is 21.0 Å². The SMILES string of the molecule is Cc1nc(Sc2nc(C)c(C(=O)O)s2)ccc1Br. The van der Waals surface area contributed by atoms with Crippen LogP contribution in [0.2, 0.25) is 0 Å². The normalized spacial score (nSPS) is 10.6. The summed E-state index contributed by atoms with van der Waals surface area (Å²) in [7, 11) is 0. The lowest BCUT2D eigenvalue weighted by atomic mass is 10.4. The van der Waals surface area contributed by atoms with Crippen molar-refractivity contribution in [1.82, 2.24) is 9.97 Å². The molecule has 0 aliphatic rings. The Balaban J connectivity index is 2.26. The molecular formula is C11H9BrN2O2S2. The van der Waals surface area contributed by atoms with E-state index < -0.39 is 5.97 Å². The van der Waals surface area contributed by atoms with Gasteiger partial charge in [-0.3, -0.25) is 0 Å². The number of nitrogens with zero attached hydrogens (tertiary/aromatic N) is 2. The van der Waals surface area contributed by atoms with Gasteiger partial charge >= 0.3 is 5.97 Å². The van der Waals surface area contributed by atoms with E-state index in [1.807, 2.05) is 19.1 Å². The molecule has 2 heterocycles. The van der Waals surface area contributed by atoms with E-state index in [0.29, 0.717) is 10.0 Å². The molecular weight excluding hydrogens is 336 g/mol. The van der Waals surface area contributed by atoms with E-state index in [-0.39, 0.29) is 4.88 Å². The van der Waals surface area contributed by atoms with Gasteiger partial charge in [0.1, 0.15) is 9.90 Å². The molecule has 0 spiro atoms. The van der Waals surface area contributed by atoms with Crippen LogP contribution < -0.4 is 0 Å². The van der Waals surface area contributed by atoms with E-state index in [4.69, 9.17) is 5.11 Å². The van der Waals surface area contributed by atoms with Gasteiger partial charge in [0.05, 0.1) is 11.4 Å². The van der Waals surface area contributed by atoms with Crippen molar-refractivity contribution in [2.24, 2.45) is 0 Å². The topological polar surface area (TPSA) is 63.1 Å². The van der Waals surface area contributed by atoms with Gasteiger partial charge in [-0.05, 0) is 53.7 Å². The van der Waals surface area contributed by atoms with E-state index in [9.17, 15) is 4.79 Å². The Bertz CT molecular complexity index is 613. The maximum atomic E-state index is 10.9. The molecule has 0 aromatic carbocycles. The van der Waals surface area contributed by atoms with Crippen molar-refractivity contribution in [1.29, 1.82) is 0 Å². The lowest BCUT2D eigenvalue weighted by molar-refractivity contribution is 0.0701. The Morgan fingerprint density at radius 1 is 1.33 bits per heavy atom. The fourth-order valence-corrected chi connectivity index (χ4v) is 3.49. The van der Waals surface area contributed by atoms with Crippen LogP contribution in [0.1, 0.15) is 21.1 Å². The summed E-state index contributed by atoms with van der Waals surface area (Å²) < 4.78 is 1.65. The van der Waals surface area contributed by atoms with Gasteiger partial charge in [0.2, 0.25) is 0 Å². The molecule has 0 radical (unpaired) electrons. The fourth-order valence-electron chi connectivity index (χ4n) is 1.28. The minimum absolute atomic E-state index is 0.284. The van der Waals surface area contributed by atoms with Crippen molar-refractivity contribution in [3.05, 3.63) is 32.9 Å². The van der Waals surface area contributed by atoms with Gasteiger partial charge in [-0.25, -0.2) is 14.8 Å². The molecule has 2 aromatic heterocycles. The van der Waals surface area contributed by atoms with Gasteiger partial charge in [0.15, 0.2) is 4.34 Å². The number of aromatic nitrogens is 2. The Morgan fingerprint density at radius 2 is 2.06 bits per heavy atom. The number of hydrogen-bond acceptors (Lipinski definition) is 5. The summed E-state index contributed by atoms with van der Waals surface area (Å²) in [5.74, 6) is -0.934. The van der Waals surface area contributed by atoms with Crippen LogP contribution in [0, 0.1) is 13.8 Å². The number of carbonyl (C=O) groups is 1. The molecule has 0 aliphatic heterocycles. The molecule has 0 saturated heterocycles. The lowest BCUT2D eigenvalue weighted by Crippen LogP contribution is -1.94. The second-order valence-electron chi connectivity index (χ2n) is 3.52. The minimum Gasteiger partial charge on any atom is -0.477 e. The second-order valence-corrected chi connectivity index (χ2v) is 6.64. The molecule has 1 N–H and O–H groups in total. The van der Waals surface area contributed by atoms with Crippen LogP contribution in [0.5, 0.6) is 0 Å². The summed E-state index contributed by atoms with van der Waals surface area (Å²) in [6.07, 6.45) is 0. The predicted molar refractivity (Wildman–Crippen MR) is 74.6 cm³/mol. The Labute approximate surface area is 121 Å². The third kappa shape index (κ3) is 2.90. The molecule has 7 heteroatoms. The number of carboxylic acids is 1. The highest BCUT2D eigenvalue weighted by atomic mass is 79.9. The zero-order chi connectivity index (χ0) is 13.3. The highest BCUT2D eigenvalue weighted by molar-refractivity contribution is 9.10. The second kappa shape index (κ2) is 5.38. The maximum Gasteiger partial charge on any atom is 0.347 e. The maximum absolute atomic E-state index is 10.9. The zero-order valence-electron chi connectivity index (χ0n) is 9.60. The molecule has 4 nitrogen and oxygen atoms in total. The lowest BCUT2D eigenvalue weighted by Gasteiger charge is -2.00. The van der Waals surface area contributed by atoms with Crippen LogP contribution in [0.25, 0.3) is 0 Å². The third-order valence-corrected chi connectivity index (χ3v) is 5.14. The predicted octanol–water partition coefficient (Wildman–Crippen LogP) is 3.77. The number of hydrogen-bond donors (Lipinski definition) is 1. The summed E-state index contributed by atoms with van der Waals surface area (Å²) in [6, 6.07) is 3.79. The smallest absolute Gasteiger partial charge is 0.347 e. The average Bonchev–Trinajstić information content (AvgIpc) is 2.65. The van der Waals surface area contributed by atoms with Gasteiger partial charge in [-0.15, -0.1) is 0 Å². The van der Waals surface area contributed by atoms with E-state index >= 15 is 0 Å². The van der Waals surface area contributed by atoms with Crippen molar-refractivity contribution in [2.45, 2.75) is 23.2 Å². The first-order valence-electron chi connectivity index (χ1n) is 4.99. The summed E-state index contributed by atoms with van der Waals surface area (Å²) in [4.78, 5) is 19.8. The van der Waals surface area contributed by atoms with Crippen LogP contribution in [0.15, 0.2) is 26.0 Å². The molecule has 2 aromatic rings. The minimum atomic E-state index is -0.934. The Hall–Kier alpha value is -0.920. The number of rotatable bonds is 3. The highest BCUT2D eigenvalue weighted by Crippen LogP contribution is 2.32. The Kier molecular flexibility index (Phi) is 4.04. The van der Waals surface area contributed by atoms with Crippen LogP contribution in [0.3, 0.4) is 0 Å². The van der Waals surface area contributed by atoms with Gasteiger partial charge in [0, 0.05) is 4.47 Å². The molecule has 0 fully saturated rings. The first-order chi connectivity index (χ1) is 8.47. The van der Waals surface area contributed by atoms with Crippen molar-refractivity contribution in [2.75, 3.05) is 0 Å². The number of aromatic carboxylic acids is 1. The third-order valence-electron chi connectivity index (χ3n) is 2.16. The molecule has 0 amide bonds. The number of thiazole rings is 1. The molecule has 94 valence electrons. The van der Waals surface area contributed by atoms with Gasteiger partial charge < -0.3 is 5.11 Å². The number of pyridine rings is 1. The molecule has 0 bridgehead atoms. The van der Waals surface area contributed by atoms with E-state index in [1.54, 1.807) is 6.92 Å². The van der Waals surface area contributed by atoms with E-state index in [0.717, 1.165) is 15.2 Å². The standard InChI is InChI=1S/C11H9BrN2O2S2/c1-5-7(12)3-4-8(13-5)17-11-14-6(2)9(18-11)10(15)16/h3-4H,1-2H3,(H,15,16). The van der Waals surface area contributed by atoms with Crippen molar-refractivity contribution < 1.29 is 9.90 Å². The van der Waals surface area contributed by atoms with Crippen LogP contribution in [-0.2, 0) is 0 Å². The van der Waals surface area contributed by atoms with Crippen LogP contribution in [0.4, 0.5) is 0 Å². The van der Waals surface area contributed by atoms with E-state index in [1.165, 1.54) is 23.1 Å². The first kappa shape index (κ1) is 13.5. The van der Waals surface area contributed by atoms with Crippen molar-refractivity contribution >= 4 is 45.0 Å². The van der Waals surface area contributed by atoms with Crippen LogP contribution >= 0.6 is 39.0 Å².